The zero-order valence-corrected chi connectivity index (χ0v) is 13.5. The van der Waals surface area contributed by atoms with E-state index < -0.39 is 0 Å². The van der Waals surface area contributed by atoms with E-state index in [9.17, 15) is 4.79 Å². The molecule has 1 amide bonds. The summed E-state index contributed by atoms with van der Waals surface area (Å²) in [4.78, 5) is 15.9. The van der Waals surface area contributed by atoms with E-state index in [1.807, 2.05) is 30.3 Å². The Balaban J connectivity index is 1.40. The van der Waals surface area contributed by atoms with Gasteiger partial charge in [-0.3, -0.25) is 10.1 Å². The predicted molar refractivity (Wildman–Crippen MR) is 95.8 cm³/mol. The van der Waals surface area contributed by atoms with Gasteiger partial charge in [-0.1, -0.05) is 48.5 Å². The smallest absolute Gasteiger partial charge is 0.237 e. The van der Waals surface area contributed by atoms with Gasteiger partial charge in [0.25, 0.3) is 0 Å². The maximum atomic E-state index is 12.5. The number of amides is 1. The Kier molecular flexibility index (Phi) is 4.05. The minimum Gasteiger partial charge on any atom is -0.357 e. The van der Waals surface area contributed by atoms with Crippen LogP contribution in [0.3, 0.4) is 0 Å². The lowest BCUT2D eigenvalue weighted by Gasteiger charge is -2.23. The lowest BCUT2D eigenvalue weighted by atomic mass is 9.98. The molecule has 0 saturated heterocycles. The van der Waals surface area contributed by atoms with E-state index in [1.54, 1.807) is 0 Å². The van der Waals surface area contributed by atoms with Gasteiger partial charge in [-0.05, 0) is 30.0 Å². The zero-order chi connectivity index (χ0) is 16.4. The highest BCUT2D eigenvalue weighted by molar-refractivity contribution is 5.88. The van der Waals surface area contributed by atoms with Crippen molar-refractivity contribution in [1.29, 1.82) is 0 Å². The molecule has 122 valence electrons. The van der Waals surface area contributed by atoms with Crippen LogP contribution in [0.5, 0.6) is 0 Å². The number of aromatic nitrogens is 1. The first-order valence-corrected chi connectivity index (χ1v) is 8.45. The molecule has 0 unspecified atom stereocenters. The maximum Gasteiger partial charge on any atom is 0.237 e. The van der Waals surface area contributed by atoms with Gasteiger partial charge in [0, 0.05) is 29.7 Å². The van der Waals surface area contributed by atoms with Crippen molar-refractivity contribution >= 4 is 16.8 Å². The van der Waals surface area contributed by atoms with Gasteiger partial charge in [-0.2, -0.15) is 0 Å². The molecule has 4 rings (SSSR count). The summed E-state index contributed by atoms with van der Waals surface area (Å²) in [7, 11) is 0. The minimum absolute atomic E-state index is 0.0851. The van der Waals surface area contributed by atoms with Gasteiger partial charge in [-0.15, -0.1) is 0 Å². The van der Waals surface area contributed by atoms with Crippen LogP contribution in [0.2, 0.25) is 0 Å². The molecule has 3 N–H and O–H groups in total. The van der Waals surface area contributed by atoms with Crippen molar-refractivity contribution in [2.45, 2.75) is 25.4 Å². The molecule has 4 heteroatoms. The summed E-state index contributed by atoms with van der Waals surface area (Å²) in [6, 6.07) is 18.4. The number of H-pyrrole nitrogens is 1. The normalized spacial score (nSPS) is 16.8. The highest BCUT2D eigenvalue weighted by Gasteiger charge is 2.26. The van der Waals surface area contributed by atoms with Crippen LogP contribution in [0, 0.1) is 0 Å². The summed E-state index contributed by atoms with van der Waals surface area (Å²) in [6.07, 6.45) is 1.59. The Morgan fingerprint density at radius 2 is 1.88 bits per heavy atom. The predicted octanol–water partition coefficient (Wildman–Crippen LogP) is 2.54. The number of carbonyl (C=O) groups excluding carboxylic acids is 1. The van der Waals surface area contributed by atoms with Crippen molar-refractivity contribution < 1.29 is 4.79 Å². The second-order valence-electron chi connectivity index (χ2n) is 6.29. The van der Waals surface area contributed by atoms with Gasteiger partial charge in [0.05, 0.1) is 6.04 Å². The van der Waals surface area contributed by atoms with E-state index in [0.29, 0.717) is 13.1 Å². The topological polar surface area (TPSA) is 56.9 Å². The van der Waals surface area contributed by atoms with Crippen LogP contribution in [-0.2, 0) is 24.2 Å². The van der Waals surface area contributed by atoms with Gasteiger partial charge in [0.1, 0.15) is 0 Å². The number of rotatable bonds is 4. The third-order valence-electron chi connectivity index (χ3n) is 4.71. The zero-order valence-electron chi connectivity index (χ0n) is 13.5. The molecule has 0 radical (unpaired) electrons. The molecule has 3 aromatic rings. The molecule has 0 saturated carbocycles. The Labute approximate surface area is 141 Å². The van der Waals surface area contributed by atoms with E-state index in [1.165, 1.54) is 22.2 Å². The first-order chi connectivity index (χ1) is 11.8. The standard InChI is InChI=1S/C20H21N3O/c24-20(21-11-10-14-6-2-1-3-7-14)18-12-16-15-8-4-5-9-17(15)23-19(16)13-22-18/h1-9,18,22-23H,10-13H2,(H,21,24)/t18-/m1/s1. The molecule has 1 aliphatic heterocycles. The summed E-state index contributed by atoms with van der Waals surface area (Å²) in [5.41, 5.74) is 4.86. The van der Waals surface area contributed by atoms with E-state index in [2.05, 4.69) is 39.9 Å². The number of benzene rings is 2. The molecule has 0 aliphatic carbocycles. The van der Waals surface area contributed by atoms with Crippen LogP contribution in [-0.4, -0.2) is 23.5 Å². The lowest BCUT2D eigenvalue weighted by molar-refractivity contribution is -0.123. The average Bonchev–Trinajstić information content (AvgIpc) is 3.00. The Morgan fingerprint density at radius 3 is 2.75 bits per heavy atom. The van der Waals surface area contributed by atoms with Gasteiger partial charge < -0.3 is 10.3 Å². The first-order valence-electron chi connectivity index (χ1n) is 8.45. The maximum absolute atomic E-state index is 12.5. The number of aromatic amines is 1. The molecule has 1 aromatic heterocycles. The Bertz CT molecular complexity index is 854. The third-order valence-corrected chi connectivity index (χ3v) is 4.71. The summed E-state index contributed by atoms with van der Waals surface area (Å²) >= 11 is 0. The van der Waals surface area contributed by atoms with Crippen molar-refractivity contribution in [1.82, 2.24) is 15.6 Å². The van der Waals surface area contributed by atoms with E-state index >= 15 is 0 Å². The fourth-order valence-electron chi connectivity index (χ4n) is 3.42. The number of hydrogen-bond donors (Lipinski definition) is 3. The molecule has 2 aromatic carbocycles. The molecule has 1 atom stereocenters. The second kappa shape index (κ2) is 6.49. The summed E-state index contributed by atoms with van der Waals surface area (Å²) in [5.74, 6) is 0.0851. The van der Waals surface area contributed by atoms with Gasteiger partial charge in [-0.25, -0.2) is 0 Å². The molecule has 0 spiro atoms. The number of para-hydroxylation sites is 1. The Hall–Kier alpha value is -2.59. The largest absolute Gasteiger partial charge is 0.357 e. The van der Waals surface area contributed by atoms with Crippen LogP contribution < -0.4 is 10.6 Å². The van der Waals surface area contributed by atoms with Crippen molar-refractivity contribution in [3.05, 3.63) is 71.4 Å². The summed E-state index contributed by atoms with van der Waals surface area (Å²) in [6.45, 7) is 1.38. The number of carbonyl (C=O) groups is 1. The highest BCUT2D eigenvalue weighted by atomic mass is 16.2. The number of nitrogens with one attached hydrogen (secondary N) is 3. The lowest BCUT2D eigenvalue weighted by Crippen LogP contribution is -2.48. The number of fused-ring (bicyclic) bond motifs is 3. The van der Waals surface area contributed by atoms with Crippen LogP contribution in [0.4, 0.5) is 0 Å². The van der Waals surface area contributed by atoms with E-state index in [-0.39, 0.29) is 11.9 Å². The molecule has 0 fully saturated rings. The van der Waals surface area contributed by atoms with Crippen LogP contribution >= 0.6 is 0 Å². The minimum atomic E-state index is -0.160. The Morgan fingerprint density at radius 1 is 1.08 bits per heavy atom. The monoisotopic (exact) mass is 319 g/mol. The third kappa shape index (κ3) is 2.93. The molecular formula is C20H21N3O. The highest BCUT2D eigenvalue weighted by Crippen LogP contribution is 2.26. The van der Waals surface area contributed by atoms with Crippen LogP contribution in [0.15, 0.2) is 54.6 Å². The van der Waals surface area contributed by atoms with Gasteiger partial charge in [0.15, 0.2) is 0 Å². The average molecular weight is 319 g/mol. The van der Waals surface area contributed by atoms with Crippen LogP contribution in [0.1, 0.15) is 16.8 Å². The summed E-state index contributed by atoms with van der Waals surface area (Å²) < 4.78 is 0. The molecular weight excluding hydrogens is 298 g/mol. The molecule has 24 heavy (non-hydrogen) atoms. The molecule has 2 heterocycles. The van der Waals surface area contributed by atoms with Crippen LogP contribution in [0.25, 0.3) is 10.9 Å². The van der Waals surface area contributed by atoms with Crippen molar-refractivity contribution in [2.75, 3.05) is 6.54 Å². The number of hydrogen-bond acceptors (Lipinski definition) is 2. The molecule has 0 bridgehead atoms. The summed E-state index contributed by atoms with van der Waals surface area (Å²) in [5, 5.41) is 7.63. The van der Waals surface area contributed by atoms with Crippen molar-refractivity contribution in [3.8, 4) is 0 Å². The fraction of sp³-hybridized carbons (Fsp3) is 0.250. The van der Waals surface area contributed by atoms with Crippen molar-refractivity contribution in [2.24, 2.45) is 0 Å². The van der Waals surface area contributed by atoms with Crippen molar-refractivity contribution in [3.63, 3.8) is 0 Å². The SMILES string of the molecule is O=C(NCCc1ccccc1)[C@H]1Cc2c([nH]c3ccccc23)CN1. The molecule has 1 aliphatic rings. The second-order valence-corrected chi connectivity index (χ2v) is 6.29. The fourth-order valence-corrected chi connectivity index (χ4v) is 3.42. The van der Waals surface area contributed by atoms with Gasteiger partial charge >= 0.3 is 0 Å². The first kappa shape index (κ1) is 15.0. The van der Waals surface area contributed by atoms with E-state index in [0.717, 1.165) is 18.4 Å². The molecule has 4 nitrogen and oxygen atoms in total. The quantitative estimate of drug-likeness (QED) is 0.692. The van der Waals surface area contributed by atoms with E-state index in [4.69, 9.17) is 0 Å². The van der Waals surface area contributed by atoms with Gasteiger partial charge in [0.2, 0.25) is 5.91 Å².